The summed E-state index contributed by atoms with van der Waals surface area (Å²) in [6, 6.07) is 9.41. The van der Waals surface area contributed by atoms with Gasteiger partial charge in [-0.15, -0.1) is 11.3 Å². The highest BCUT2D eigenvalue weighted by molar-refractivity contribution is 7.18. The zero-order valence-electron chi connectivity index (χ0n) is 12.0. The highest BCUT2D eigenvalue weighted by atomic mass is 35.5. The molecule has 112 valence electrons. The summed E-state index contributed by atoms with van der Waals surface area (Å²) in [5.74, 6) is 0.574. The molecular weight excluding hydrogens is 320 g/mol. The summed E-state index contributed by atoms with van der Waals surface area (Å²) in [6.45, 7) is 3.50. The van der Waals surface area contributed by atoms with Crippen LogP contribution in [0.25, 0.3) is 10.2 Å². The van der Waals surface area contributed by atoms with Gasteiger partial charge in [-0.3, -0.25) is 4.79 Å². The predicted molar refractivity (Wildman–Crippen MR) is 91.2 cm³/mol. The van der Waals surface area contributed by atoms with Gasteiger partial charge in [0.1, 0.15) is 10.6 Å². The number of carbonyl (C=O) groups excluding carboxylic acids is 1. The van der Waals surface area contributed by atoms with Crippen LogP contribution in [0, 0.1) is 6.92 Å². The Morgan fingerprint density at radius 2 is 1.86 bits per heavy atom. The van der Waals surface area contributed by atoms with Gasteiger partial charge in [0.15, 0.2) is 0 Å². The van der Waals surface area contributed by atoms with E-state index in [4.69, 9.17) is 11.6 Å². The summed E-state index contributed by atoms with van der Waals surface area (Å²) in [4.78, 5) is 21.5. The number of rotatable bonds is 3. The van der Waals surface area contributed by atoms with Crippen LogP contribution >= 0.6 is 22.9 Å². The molecule has 0 bridgehead atoms. The van der Waals surface area contributed by atoms with Crippen molar-refractivity contribution in [3.8, 4) is 0 Å². The van der Waals surface area contributed by atoms with Crippen molar-refractivity contribution in [2.24, 2.45) is 0 Å². The van der Waals surface area contributed by atoms with E-state index < -0.39 is 0 Å². The molecular formula is C15H13ClN4OS. The minimum atomic E-state index is -0.0984. The number of hydrogen-bond acceptors (Lipinski definition) is 5. The zero-order valence-corrected chi connectivity index (χ0v) is 13.5. The summed E-state index contributed by atoms with van der Waals surface area (Å²) in [5.41, 5.74) is 1.60. The van der Waals surface area contributed by atoms with Crippen LogP contribution in [-0.4, -0.2) is 15.9 Å². The molecule has 22 heavy (non-hydrogen) atoms. The Labute approximate surface area is 136 Å². The van der Waals surface area contributed by atoms with Crippen molar-refractivity contribution in [3.63, 3.8) is 0 Å². The van der Waals surface area contributed by atoms with Gasteiger partial charge >= 0.3 is 0 Å². The second kappa shape index (κ2) is 5.90. The highest BCUT2D eigenvalue weighted by Crippen LogP contribution is 2.31. The molecule has 2 N–H and O–H groups in total. The van der Waals surface area contributed by atoms with Gasteiger partial charge in [-0.25, -0.2) is 4.98 Å². The van der Waals surface area contributed by atoms with E-state index >= 15 is 0 Å². The number of hydrogen-bond donors (Lipinski definition) is 2. The molecule has 0 aliphatic rings. The van der Waals surface area contributed by atoms with E-state index in [0.717, 1.165) is 26.5 Å². The first-order valence-electron chi connectivity index (χ1n) is 6.59. The molecule has 3 rings (SSSR count). The summed E-state index contributed by atoms with van der Waals surface area (Å²) >= 11 is 7.56. The molecule has 3 aromatic rings. The molecule has 1 amide bonds. The highest BCUT2D eigenvalue weighted by Gasteiger charge is 2.10. The van der Waals surface area contributed by atoms with E-state index in [1.165, 1.54) is 6.92 Å². The molecule has 0 saturated carbocycles. The van der Waals surface area contributed by atoms with Crippen molar-refractivity contribution in [2.75, 3.05) is 10.6 Å². The maximum atomic E-state index is 11.0. The molecule has 0 saturated heterocycles. The smallest absolute Gasteiger partial charge is 0.225 e. The zero-order chi connectivity index (χ0) is 15.7. The largest absolute Gasteiger partial charge is 0.340 e. The second-order valence-corrected chi connectivity index (χ2v) is 6.37. The van der Waals surface area contributed by atoms with Crippen molar-refractivity contribution in [3.05, 3.63) is 40.5 Å². The first kappa shape index (κ1) is 14.7. The third kappa shape index (κ3) is 3.18. The maximum Gasteiger partial charge on any atom is 0.225 e. The number of aromatic nitrogens is 2. The monoisotopic (exact) mass is 332 g/mol. The molecule has 2 heterocycles. The standard InChI is InChI=1S/C15H13ClN4OS/c1-8-7-12-13(19-15(16)20-14(12)22-8)18-11-5-3-10(4-6-11)17-9(2)21/h3-7H,1-2H3,(H,17,21)(H,18,19,20). The van der Waals surface area contributed by atoms with Crippen LogP contribution < -0.4 is 10.6 Å². The quantitative estimate of drug-likeness (QED) is 0.699. The fourth-order valence-electron chi connectivity index (χ4n) is 2.09. The Morgan fingerprint density at radius 3 is 2.55 bits per heavy atom. The van der Waals surface area contributed by atoms with Crippen LogP contribution in [0.5, 0.6) is 0 Å². The molecule has 0 unspecified atom stereocenters. The number of fused-ring (bicyclic) bond motifs is 1. The van der Waals surface area contributed by atoms with Crippen LogP contribution in [0.15, 0.2) is 30.3 Å². The number of halogens is 1. The number of carbonyl (C=O) groups is 1. The van der Waals surface area contributed by atoms with Gasteiger partial charge in [0.2, 0.25) is 11.2 Å². The van der Waals surface area contributed by atoms with Gasteiger partial charge in [-0.1, -0.05) is 0 Å². The maximum absolute atomic E-state index is 11.0. The Balaban J connectivity index is 1.91. The van der Waals surface area contributed by atoms with Gasteiger partial charge in [0.05, 0.1) is 5.39 Å². The molecule has 2 aromatic heterocycles. The summed E-state index contributed by atoms with van der Waals surface area (Å²) in [7, 11) is 0. The number of aryl methyl sites for hydroxylation is 1. The van der Waals surface area contributed by atoms with Crippen molar-refractivity contribution < 1.29 is 4.79 Å². The third-order valence-corrected chi connectivity index (χ3v) is 4.07. The number of anilines is 3. The molecule has 0 spiro atoms. The first-order chi connectivity index (χ1) is 10.5. The van der Waals surface area contributed by atoms with Gasteiger partial charge in [0.25, 0.3) is 0 Å². The minimum Gasteiger partial charge on any atom is -0.340 e. The Morgan fingerprint density at radius 1 is 1.18 bits per heavy atom. The normalized spacial score (nSPS) is 10.7. The third-order valence-electron chi connectivity index (χ3n) is 2.96. The second-order valence-electron chi connectivity index (χ2n) is 4.80. The Bertz CT molecular complexity index is 845. The van der Waals surface area contributed by atoms with Gasteiger partial charge in [0, 0.05) is 23.2 Å². The Kier molecular flexibility index (Phi) is 3.96. The van der Waals surface area contributed by atoms with Crippen molar-refractivity contribution in [1.29, 1.82) is 0 Å². The molecule has 0 fully saturated rings. The average Bonchev–Trinajstić information content (AvgIpc) is 2.81. The van der Waals surface area contributed by atoms with E-state index in [0.29, 0.717) is 5.82 Å². The average molecular weight is 333 g/mol. The Hall–Kier alpha value is -2.18. The summed E-state index contributed by atoms with van der Waals surface area (Å²) in [5, 5.41) is 7.12. The van der Waals surface area contributed by atoms with Crippen molar-refractivity contribution >= 4 is 56.3 Å². The fourth-order valence-corrected chi connectivity index (χ4v) is 3.19. The lowest BCUT2D eigenvalue weighted by atomic mass is 10.2. The lowest BCUT2D eigenvalue weighted by Gasteiger charge is -2.08. The van der Waals surface area contributed by atoms with E-state index in [1.54, 1.807) is 11.3 Å². The van der Waals surface area contributed by atoms with Crippen LogP contribution in [0.4, 0.5) is 17.2 Å². The van der Waals surface area contributed by atoms with Gasteiger partial charge in [-0.05, 0) is 48.9 Å². The minimum absolute atomic E-state index is 0.0984. The van der Waals surface area contributed by atoms with Gasteiger partial charge in [-0.2, -0.15) is 4.98 Å². The molecule has 0 aliphatic carbocycles. The first-order valence-corrected chi connectivity index (χ1v) is 7.79. The van der Waals surface area contributed by atoms with Crippen LogP contribution in [0.3, 0.4) is 0 Å². The van der Waals surface area contributed by atoms with Crippen molar-refractivity contribution in [1.82, 2.24) is 9.97 Å². The van der Waals surface area contributed by atoms with Gasteiger partial charge < -0.3 is 10.6 Å². The number of amides is 1. The molecule has 7 heteroatoms. The van der Waals surface area contributed by atoms with E-state index in [9.17, 15) is 4.79 Å². The van der Waals surface area contributed by atoms with Crippen molar-refractivity contribution in [2.45, 2.75) is 13.8 Å². The molecule has 5 nitrogen and oxygen atoms in total. The number of thiophene rings is 1. The lowest BCUT2D eigenvalue weighted by molar-refractivity contribution is -0.114. The number of benzene rings is 1. The number of nitrogens with zero attached hydrogens (tertiary/aromatic N) is 2. The summed E-state index contributed by atoms with van der Waals surface area (Å²) < 4.78 is 0. The SMILES string of the molecule is CC(=O)Nc1ccc(Nc2nc(Cl)nc3sc(C)cc23)cc1. The molecule has 0 radical (unpaired) electrons. The van der Waals surface area contributed by atoms with E-state index in [1.807, 2.05) is 37.3 Å². The van der Waals surface area contributed by atoms with E-state index in [-0.39, 0.29) is 11.2 Å². The molecule has 0 atom stereocenters. The number of nitrogens with one attached hydrogen (secondary N) is 2. The summed E-state index contributed by atoms with van der Waals surface area (Å²) in [6.07, 6.45) is 0. The predicted octanol–water partition coefficient (Wildman–Crippen LogP) is 4.36. The molecule has 1 aromatic carbocycles. The lowest BCUT2D eigenvalue weighted by Crippen LogP contribution is -2.05. The van der Waals surface area contributed by atoms with Crippen LogP contribution in [0.1, 0.15) is 11.8 Å². The topological polar surface area (TPSA) is 66.9 Å². The van der Waals surface area contributed by atoms with Crippen LogP contribution in [-0.2, 0) is 4.79 Å². The van der Waals surface area contributed by atoms with Crippen LogP contribution in [0.2, 0.25) is 5.28 Å². The molecule has 0 aliphatic heterocycles. The fraction of sp³-hybridized carbons (Fsp3) is 0.133. The van der Waals surface area contributed by atoms with E-state index in [2.05, 4.69) is 20.6 Å².